The van der Waals surface area contributed by atoms with E-state index >= 15 is 0 Å². The number of nitrogens with one attached hydrogen (secondary N) is 1. The van der Waals surface area contributed by atoms with Crippen LogP contribution in [0.15, 0.2) is 30.5 Å². The summed E-state index contributed by atoms with van der Waals surface area (Å²) in [6.07, 6.45) is 1.32. The Kier molecular flexibility index (Phi) is 2.75. The highest BCUT2D eigenvalue weighted by Crippen LogP contribution is 2.24. The molecule has 0 bridgehead atoms. The average molecular weight is 267 g/mol. The van der Waals surface area contributed by atoms with Crippen molar-refractivity contribution in [2.75, 3.05) is 0 Å². The van der Waals surface area contributed by atoms with E-state index in [0.29, 0.717) is 17.0 Å². The molecular weight excluding hydrogens is 254 g/mol. The number of aryl methyl sites for hydroxylation is 2. The first-order valence-corrected chi connectivity index (χ1v) is 6.21. The lowest BCUT2D eigenvalue weighted by Gasteiger charge is -2.02. The van der Waals surface area contributed by atoms with Gasteiger partial charge in [-0.15, -0.1) is 0 Å². The van der Waals surface area contributed by atoms with Crippen LogP contribution in [0.3, 0.4) is 0 Å². The third kappa shape index (κ3) is 2.03. The Labute approximate surface area is 115 Å². The second kappa shape index (κ2) is 4.45. The number of nitrogens with zero attached hydrogens (tertiary/aromatic N) is 2. The van der Waals surface area contributed by atoms with Gasteiger partial charge in [-0.25, -0.2) is 14.8 Å². The molecule has 0 aliphatic rings. The summed E-state index contributed by atoms with van der Waals surface area (Å²) in [5.41, 5.74) is 4.58. The number of carboxylic acid groups (broad SMARTS) is 1. The standard InChI is InChI=1S/C15H13N3O2/c1-8-3-4-11(9(2)5-8)13-17-12-6-10(15(19)20)7-16-14(12)18-13/h3-7H,1-2H3,(H,19,20)(H,16,17,18). The monoisotopic (exact) mass is 267 g/mol. The van der Waals surface area contributed by atoms with Gasteiger partial charge >= 0.3 is 5.97 Å². The molecule has 0 fully saturated rings. The summed E-state index contributed by atoms with van der Waals surface area (Å²) in [5, 5.41) is 8.97. The zero-order valence-corrected chi connectivity index (χ0v) is 11.1. The third-order valence-electron chi connectivity index (χ3n) is 3.22. The van der Waals surface area contributed by atoms with Crippen molar-refractivity contribution in [3.63, 3.8) is 0 Å². The van der Waals surface area contributed by atoms with Crippen LogP contribution >= 0.6 is 0 Å². The highest BCUT2D eigenvalue weighted by molar-refractivity contribution is 5.91. The number of hydrogen-bond acceptors (Lipinski definition) is 3. The molecule has 5 nitrogen and oxygen atoms in total. The van der Waals surface area contributed by atoms with Gasteiger partial charge < -0.3 is 10.1 Å². The predicted octanol–water partition coefficient (Wildman–Crippen LogP) is 2.94. The highest BCUT2D eigenvalue weighted by atomic mass is 16.4. The van der Waals surface area contributed by atoms with E-state index in [1.165, 1.54) is 11.8 Å². The molecule has 0 radical (unpaired) electrons. The molecule has 100 valence electrons. The van der Waals surface area contributed by atoms with Crippen LogP contribution in [0.2, 0.25) is 0 Å². The van der Waals surface area contributed by atoms with Gasteiger partial charge in [-0.3, -0.25) is 0 Å². The molecule has 2 heterocycles. The minimum atomic E-state index is -0.998. The molecule has 0 aliphatic heterocycles. The molecule has 3 rings (SSSR count). The maximum absolute atomic E-state index is 10.9. The van der Waals surface area contributed by atoms with Gasteiger partial charge in [-0.2, -0.15) is 0 Å². The minimum Gasteiger partial charge on any atom is -0.478 e. The number of rotatable bonds is 2. The first-order valence-electron chi connectivity index (χ1n) is 6.21. The Bertz CT molecular complexity index is 821. The van der Waals surface area contributed by atoms with Crippen LogP contribution in [0.5, 0.6) is 0 Å². The molecule has 1 aromatic carbocycles. The SMILES string of the molecule is Cc1ccc(-c2nc3ncc(C(=O)O)cc3[nH]2)c(C)c1. The fraction of sp³-hybridized carbons (Fsp3) is 0.133. The maximum Gasteiger partial charge on any atom is 0.337 e. The van der Waals surface area contributed by atoms with Crippen LogP contribution in [0.25, 0.3) is 22.6 Å². The fourth-order valence-corrected chi connectivity index (χ4v) is 2.22. The predicted molar refractivity (Wildman–Crippen MR) is 75.8 cm³/mol. The van der Waals surface area contributed by atoms with Gasteiger partial charge in [0.15, 0.2) is 5.65 Å². The maximum atomic E-state index is 10.9. The number of imidazole rings is 1. The van der Waals surface area contributed by atoms with Crippen molar-refractivity contribution in [1.29, 1.82) is 0 Å². The molecule has 0 saturated carbocycles. The molecule has 0 amide bonds. The van der Waals surface area contributed by atoms with Crippen molar-refractivity contribution in [3.8, 4) is 11.4 Å². The highest BCUT2D eigenvalue weighted by Gasteiger charge is 2.11. The Hall–Kier alpha value is -2.69. The van der Waals surface area contributed by atoms with Crippen LogP contribution in [-0.4, -0.2) is 26.0 Å². The molecular formula is C15H13N3O2. The van der Waals surface area contributed by atoms with E-state index < -0.39 is 5.97 Å². The zero-order valence-electron chi connectivity index (χ0n) is 11.1. The van der Waals surface area contributed by atoms with Gasteiger partial charge in [0.1, 0.15) is 5.82 Å². The Morgan fingerprint density at radius 3 is 2.75 bits per heavy atom. The molecule has 0 unspecified atom stereocenters. The Balaban J connectivity index is 2.15. The van der Waals surface area contributed by atoms with Gasteiger partial charge in [0.2, 0.25) is 0 Å². The minimum absolute atomic E-state index is 0.147. The van der Waals surface area contributed by atoms with E-state index in [-0.39, 0.29) is 5.56 Å². The molecule has 5 heteroatoms. The van der Waals surface area contributed by atoms with E-state index in [9.17, 15) is 4.79 Å². The lowest BCUT2D eigenvalue weighted by atomic mass is 10.1. The summed E-state index contributed by atoms with van der Waals surface area (Å²) in [6.45, 7) is 4.06. The first-order chi connectivity index (χ1) is 9.54. The number of carboxylic acids is 1. The van der Waals surface area contributed by atoms with E-state index in [1.54, 1.807) is 6.07 Å². The number of hydrogen-bond donors (Lipinski definition) is 2. The molecule has 0 spiro atoms. The number of carbonyl (C=O) groups is 1. The molecule has 3 aromatic rings. The van der Waals surface area contributed by atoms with Crippen molar-refractivity contribution < 1.29 is 9.90 Å². The van der Waals surface area contributed by atoms with Crippen LogP contribution in [-0.2, 0) is 0 Å². The van der Waals surface area contributed by atoms with Crippen molar-refractivity contribution >= 4 is 17.1 Å². The van der Waals surface area contributed by atoms with E-state index in [1.807, 2.05) is 26.0 Å². The van der Waals surface area contributed by atoms with E-state index in [0.717, 1.165) is 11.1 Å². The quantitative estimate of drug-likeness (QED) is 0.748. The molecule has 0 aliphatic carbocycles. The second-order valence-electron chi connectivity index (χ2n) is 4.80. The molecule has 0 saturated heterocycles. The van der Waals surface area contributed by atoms with Gasteiger partial charge in [-0.1, -0.05) is 23.8 Å². The summed E-state index contributed by atoms with van der Waals surface area (Å²) in [6, 6.07) is 7.65. The van der Waals surface area contributed by atoms with Gasteiger partial charge in [0.05, 0.1) is 11.1 Å². The third-order valence-corrected chi connectivity index (χ3v) is 3.22. The first kappa shape index (κ1) is 12.3. The number of aromatic carboxylic acids is 1. The van der Waals surface area contributed by atoms with Crippen LogP contribution in [0.4, 0.5) is 0 Å². The number of H-pyrrole nitrogens is 1. The van der Waals surface area contributed by atoms with Crippen molar-refractivity contribution in [1.82, 2.24) is 15.0 Å². The topological polar surface area (TPSA) is 78.9 Å². The Morgan fingerprint density at radius 2 is 2.05 bits per heavy atom. The summed E-state index contributed by atoms with van der Waals surface area (Å²) >= 11 is 0. The molecule has 0 atom stereocenters. The number of pyridine rings is 1. The fourth-order valence-electron chi connectivity index (χ4n) is 2.22. The lowest BCUT2D eigenvalue weighted by molar-refractivity contribution is 0.0696. The summed E-state index contributed by atoms with van der Waals surface area (Å²) in [5.74, 6) is -0.297. The second-order valence-corrected chi connectivity index (χ2v) is 4.80. The molecule has 20 heavy (non-hydrogen) atoms. The number of fused-ring (bicyclic) bond motifs is 1. The van der Waals surface area contributed by atoms with Gasteiger partial charge in [0, 0.05) is 11.8 Å². The molecule has 2 N–H and O–H groups in total. The zero-order chi connectivity index (χ0) is 14.3. The number of benzene rings is 1. The average Bonchev–Trinajstić information content (AvgIpc) is 2.80. The summed E-state index contributed by atoms with van der Waals surface area (Å²) in [7, 11) is 0. The van der Waals surface area contributed by atoms with Crippen LogP contribution < -0.4 is 0 Å². The van der Waals surface area contributed by atoms with E-state index in [2.05, 4.69) is 21.0 Å². The van der Waals surface area contributed by atoms with Gasteiger partial charge in [0.25, 0.3) is 0 Å². The summed E-state index contributed by atoms with van der Waals surface area (Å²) in [4.78, 5) is 22.6. The van der Waals surface area contributed by atoms with Crippen molar-refractivity contribution in [2.45, 2.75) is 13.8 Å². The van der Waals surface area contributed by atoms with Crippen LogP contribution in [0.1, 0.15) is 21.5 Å². The molecule has 2 aromatic heterocycles. The smallest absolute Gasteiger partial charge is 0.337 e. The van der Waals surface area contributed by atoms with Crippen molar-refractivity contribution in [3.05, 3.63) is 47.2 Å². The largest absolute Gasteiger partial charge is 0.478 e. The summed E-state index contributed by atoms with van der Waals surface area (Å²) < 4.78 is 0. The Morgan fingerprint density at radius 1 is 1.25 bits per heavy atom. The van der Waals surface area contributed by atoms with Crippen LogP contribution in [0, 0.1) is 13.8 Å². The normalized spacial score (nSPS) is 10.9. The number of aromatic nitrogens is 3. The van der Waals surface area contributed by atoms with E-state index in [4.69, 9.17) is 5.11 Å². The van der Waals surface area contributed by atoms with Gasteiger partial charge in [-0.05, 0) is 25.5 Å². The van der Waals surface area contributed by atoms with Crippen molar-refractivity contribution in [2.24, 2.45) is 0 Å². The lowest BCUT2D eigenvalue weighted by Crippen LogP contribution is -1.96. The number of aromatic amines is 1.